The van der Waals surface area contributed by atoms with Crippen LogP contribution in [0.4, 0.5) is 4.79 Å². The van der Waals surface area contributed by atoms with Gasteiger partial charge in [-0.15, -0.1) is 0 Å². The van der Waals surface area contributed by atoms with Gasteiger partial charge in [-0.2, -0.15) is 4.72 Å². The summed E-state index contributed by atoms with van der Waals surface area (Å²) in [7, 11) is -2.48. The Bertz CT molecular complexity index is 1370. The van der Waals surface area contributed by atoms with Crippen molar-refractivity contribution < 1.29 is 22.5 Å². The molecule has 2 aromatic carbocycles. The normalized spacial score (nSPS) is 16.9. The summed E-state index contributed by atoms with van der Waals surface area (Å²) in [6.07, 6.45) is 2.16. The van der Waals surface area contributed by atoms with E-state index in [1.807, 2.05) is 19.9 Å². The third-order valence-corrected chi connectivity index (χ3v) is 7.52. The number of amides is 2. The highest BCUT2D eigenvalue weighted by Gasteiger charge is 2.42. The standard InChI is InChI=1S/C24H27N5O5S/c1-15-24(2,3)22(34-28-15)29-35(31,32)20-8-6-5-7-19(20)18-10-9-16(21-26-11-12-33-21)13-17(18)14-27-23(30)25-4/h5-13,22,29H,14H2,1-4H3,(H2,25,27,30). The zero-order valence-corrected chi connectivity index (χ0v) is 20.6. The van der Waals surface area contributed by atoms with E-state index in [0.29, 0.717) is 33.9 Å². The molecule has 10 nitrogen and oxygen atoms in total. The smallest absolute Gasteiger partial charge is 0.314 e. The molecule has 2 amide bonds. The molecule has 0 radical (unpaired) electrons. The lowest BCUT2D eigenvalue weighted by atomic mass is 9.87. The van der Waals surface area contributed by atoms with Crippen LogP contribution in [0.15, 0.2) is 69.4 Å². The fourth-order valence-corrected chi connectivity index (χ4v) is 5.10. The first-order valence-corrected chi connectivity index (χ1v) is 12.4. The number of hydrogen-bond acceptors (Lipinski definition) is 7. The molecular weight excluding hydrogens is 470 g/mol. The van der Waals surface area contributed by atoms with E-state index in [-0.39, 0.29) is 17.5 Å². The summed E-state index contributed by atoms with van der Waals surface area (Å²) < 4.78 is 35.1. The van der Waals surface area contributed by atoms with Gasteiger partial charge in [0.05, 0.1) is 22.2 Å². The van der Waals surface area contributed by atoms with Gasteiger partial charge in [0.15, 0.2) is 0 Å². The average molecular weight is 498 g/mol. The molecule has 3 N–H and O–H groups in total. The number of rotatable bonds is 7. The van der Waals surface area contributed by atoms with Crippen molar-refractivity contribution in [3.05, 3.63) is 60.5 Å². The summed E-state index contributed by atoms with van der Waals surface area (Å²) in [5.41, 5.74) is 2.58. The van der Waals surface area contributed by atoms with Crippen molar-refractivity contribution in [2.75, 3.05) is 7.05 Å². The molecule has 35 heavy (non-hydrogen) atoms. The first kappa shape index (κ1) is 24.4. The first-order valence-electron chi connectivity index (χ1n) is 10.9. The molecule has 0 fully saturated rings. The van der Waals surface area contributed by atoms with Crippen LogP contribution in [0.1, 0.15) is 26.3 Å². The molecule has 1 aliphatic heterocycles. The third kappa shape index (κ3) is 4.91. The molecule has 2 heterocycles. The summed E-state index contributed by atoms with van der Waals surface area (Å²) in [6, 6.07) is 11.7. The third-order valence-electron chi connectivity index (χ3n) is 6.06. The molecule has 1 unspecified atom stereocenters. The Morgan fingerprint density at radius 2 is 1.91 bits per heavy atom. The molecule has 0 saturated carbocycles. The van der Waals surface area contributed by atoms with E-state index in [1.165, 1.54) is 25.6 Å². The quantitative estimate of drug-likeness (QED) is 0.457. The van der Waals surface area contributed by atoms with E-state index in [4.69, 9.17) is 9.25 Å². The van der Waals surface area contributed by atoms with Crippen LogP contribution in [0.25, 0.3) is 22.6 Å². The maximum absolute atomic E-state index is 13.5. The predicted octanol–water partition coefficient (Wildman–Crippen LogP) is 3.47. The molecule has 0 spiro atoms. The molecule has 4 rings (SSSR count). The second kappa shape index (κ2) is 9.51. The lowest BCUT2D eigenvalue weighted by molar-refractivity contribution is 0.0285. The molecule has 184 valence electrons. The molecule has 0 bridgehead atoms. The number of carbonyl (C=O) groups is 1. The number of oxazole rings is 1. The predicted molar refractivity (Wildman–Crippen MR) is 131 cm³/mol. The molecular formula is C24H27N5O5S. The minimum Gasteiger partial charge on any atom is -0.445 e. The number of hydrogen-bond donors (Lipinski definition) is 3. The molecule has 1 atom stereocenters. The molecule has 1 aliphatic rings. The Labute approximate surface area is 203 Å². The van der Waals surface area contributed by atoms with E-state index >= 15 is 0 Å². The fraction of sp³-hybridized carbons (Fsp3) is 0.292. The maximum Gasteiger partial charge on any atom is 0.314 e. The van der Waals surface area contributed by atoms with Crippen LogP contribution in [0.2, 0.25) is 0 Å². The van der Waals surface area contributed by atoms with E-state index in [2.05, 4.69) is 25.5 Å². The van der Waals surface area contributed by atoms with Crippen molar-refractivity contribution in [2.24, 2.45) is 10.6 Å². The molecule has 11 heteroatoms. The summed E-state index contributed by atoms with van der Waals surface area (Å²) in [5.74, 6) is 0.413. The fourth-order valence-electron chi connectivity index (χ4n) is 3.63. The average Bonchev–Trinajstić information content (AvgIpc) is 3.47. The van der Waals surface area contributed by atoms with Crippen molar-refractivity contribution in [2.45, 2.75) is 38.4 Å². The number of nitrogens with one attached hydrogen (secondary N) is 3. The van der Waals surface area contributed by atoms with Crippen molar-refractivity contribution in [1.82, 2.24) is 20.3 Å². The topological polar surface area (TPSA) is 135 Å². The summed E-state index contributed by atoms with van der Waals surface area (Å²) in [6.45, 7) is 5.67. The van der Waals surface area contributed by atoms with Crippen LogP contribution in [-0.4, -0.2) is 38.4 Å². The van der Waals surface area contributed by atoms with Crippen molar-refractivity contribution in [1.29, 1.82) is 0 Å². The van der Waals surface area contributed by atoms with Gasteiger partial charge in [0, 0.05) is 24.7 Å². The van der Waals surface area contributed by atoms with Gasteiger partial charge < -0.3 is 19.9 Å². The number of benzene rings is 2. The van der Waals surface area contributed by atoms with E-state index < -0.39 is 21.7 Å². The van der Waals surface area contributed by atoms with Gasteiger partial charge in [0.25, 0.3) is 0 Å². The van der Waals surface area contributed by atoms with Crippen molar-refractivity contribution in [3.63, 3.8) is 0 Å². The van der Waals surface area contributed by atoms with Crippen LogP contribution in [0, 0.1) is 5.41 Å². The molecule has 0 saturated heterocycles. The summed E-state index contributed by atoms with van der Waals surface area (Å²) >= 11 is 0. The van der Waals surface area contributed by atoms with Crippen molar-refractivity contribution in [3.8, 4) is 22.6 Å². The van der Waals surface area contributed by atoms with Crippen molar-refractivity contribution >= 4 is 21.8 Å². The Balaban J connectivity index is 1.76. The Kier molecular flexibility index (Phi) is 6.64. The van der Waals surface area contributed by atoms with Crippen LogP contribution < -0.4 is 15.4 Å². The van der Waals surface area contributed by atoms with Gasteiger partial charge in [0.1, 0.15) is 6.26 Å². The zero-order valence-electron chi connectivity index (χ0n) is 19.8. The summed E-state index contributed by atoms with van der Waals surface area (Å²) in [5, 5.41) is 9.23. The minimum atomic E-state index is -4.00. The lowest BCUT2D eigenvalue weighted by Crippen LogP contribution is -2.45. The highest BCUT2D eigenvalue weighted by molar-refractivity contribution is 7.89. The highest BCUT2D eigenvalue weighted by atomic mass is 32.2. The van der Waals surface area contributed by atoms with Gasteiger partial charge in [-0.1, -0.05) is 29.4 Å². The SMILES string of the molecule is CNC(=O)NCc1cc(-c2ncco2)ccc1-c1ccccc1S(=O)(=O)NC1ON=C(C)C1(C)C. The highest BCUT2D eigenvalue weighted by Crippen LogP contribution is 2.35. The van der Waals surface area contributed by atoms with Crippen LogP contribution in [0.3, 0.4) is 0 Å². The Hall–Kier alpha value is -3.70. The number of nitrogens with zero attached hydrogens (tertiary/aromatic N) is 2. The van der Waals surface area contributed by atoms with Crippen LogP contribution >= 0.6 is 0 Å². The molecule has 3 aromatic rings. The zero-order chi connectivity index (χ0) is 25.2. The maximum atomic E-state index is 13.5. The van der Waals surface area contributed by atoms with Crippen LogP contribution in [0.5, 0.6) is 0 Å². The first-order chi connectivity index (χ1) is 16.6. The van der Waals surface area contributed by atoms with E-state index in [1.54, 1.807) is 37.3 Å². The van der Waals surface area contributed by atoms with Gasteiger partial charge in [-0.3, -0.25) is 0 Å². The van der Waals surface area contributed by atoms with Crippen LogP contribution in [-0.2, 0) is 21.4 Å². The Morgan fingerprint density at radius 1 is 1.14 bits per heavy atom. The van der Waals surface area contributed by atoms with Gasteiger partial charge in [0.2, 0.25) is 22.1 Å². The van der Waals surface area contributed by atoms with Gasteiger partial charge >= 0.3 is 6.03 Å². The molecule has 0 aliphatic carbocycles. The monoisotopic (exact) mass is 497 g/mol. The van der Waals surface area contributed by atoms with E-state index in [0.717, 1.165) is 0 Å². The second-order valence-electron chi connectivity index (χ2n) is 8.64. The van der Waals surface area contributed by atoms with E-state index in [9.17, 15) is 13.2 Å². The summed E-state index contributed by atoms with van der Waals surface area (Å²) in [4.78, 5) is 21.5. The second-order valence-corrected chi connectivity index (χ2v) is 10.3. The Morgan fingerprint density at radius 3 is 2.57 bits per heavy atom. The van der Waals surface area contributed by atoms with Gasteiger partial charge in [-0.25, -0.2) is 18.2 Å². The number of sulfonamides is 1. The number of urea groups is 1. The number of oxime groups is 1. The molecule has 1 aromatic heterocycles. The largest absolute Gasteiger partial charge is 0.445 e. The number of aromatic nitrogens is 1. The van der Waals surface area contributed by atoms with Gasteiger partial charge in [-0.05, 0) is 50.1 Å². The lowest BCUT2D eigenvalue weighted by Gasteiger charge is -2.25. The minimum absolute atomic E-state index is 0.0778. The number of carbonyl (C=O) groups excluding carboxylic acids is 1.